The molecule has 0 bridgehead atoms. The molecule has 0 spiro atoms. The number of nitro groups is 1. The Hall–Kier alpha value is -3.87. The van der Waals surface area contributed by atoms with Crippen LogP contribution in [0, 0.1) is 10.1 Å². The molecule has 0 aromatic heterocycles. The van der Waals surface area contributed by atoms with Crippen molar-refractivity contribution in [3.05, 3.63) is 88.5 Å². The number of nitrogens with one attached hydrogen (secondary N) is 1. The Balaban J connectivity index is 1.67. The monoisotopic (exact) mass is 350 g/mol. The zero-order valence-corrected chi connectivity index (χ0v) is 13.5. The molecule has 0 unspecified atom stereocenters. The van der Waals surface area contributed by atoms with Crippen molar-refractivity contribution >= 4 is 17.3 Å². The zero-order chi connectivity index (χ0) is 18.5. The number of carbonyl (C=O) groups excluding carboxylic acids is 1. The highest BCUT2D eigenvalue weighted by atomic mass is 16.6. The molecular weight excluding hydrogens is 336 g/mol. The number of ether oxygens (including phenoxy) is 1. The van der Waals surface area contributed by atoms with Crippen LogP contribution < -0.4 is 10.1 Å². The summed E-state index contributed by atoms with van der Waals surface area (Å²) in [5, 5.41) is 22.7. The number of anilines is 1. The molecule has 7 heteroatoms. The van der Waals surface area contributed by atoms with Crippen LogP contribution in [0.1, 0.15) is 10.4 Å². The van der Waals surface area contributed by atoms with Gasteiger partial charge in [0.1, 0.15) is 17.2 Å². The number of nitrogens with zero attached hydrogens (tertiary/aromatic N) is 1. The van der Waals surface area contributed by atoms with Crippen molar-refractivity contribution in [3.63, 3.8) is 0 Å². The molecule has 0 aliphatic heterocycles. The van der Waals surface area contributed by atoms with E-state index in [9.17, 15) is 20.0 Å². The van der Waals surface area contributed by atoms with Gasteiger partial charge in [-0.2, -0.15) is 0 Å². The van der Waals surface area contributed by atoms with E-state index in [-0.39, 0.29) is 17.0 Å². The van der Waals surface area contributed by atoms with Crippen molar-refractivity contribution in [1.82, 2.24) is 0 Å². The molecule has 0 aliphatic carbocycles. The maximum Gasteiger partial charge on any atom is 0.270 e. The van der Waals surface area contributed by atoms with Crippen LogP contribution in [0.15, 0.2) is 72.8 Å². The Bertz CT molecular complexity index is 937. The molecule has 0 saturated carbocycles. The fourth-order valence-electron chi connectivity index (χ4n) is 2.22. The van der Waals surface area contributed by atoms with Crippen LogP contribution in [0.25, 0.3) is 0 Å². The number of amides is 1. The summed E-state index contributed by atoms with van der Waals surface area (Å²) in [5.41, 5.74) is 0.582. The number of phenolic OH excluding ortho intramolecular Hbond substituents is 1. The average Bonchev–Trinajstić information content (AvgIpc) is 2.65. The number of hydrogen-bond acceptors (Lipinski definition) is 5. The van der Waals surface area contributed by atoms with E-state index in [2.05, 4.69) is 5.32 Å². The molecule has 0 aliphatic rings. The highest BCUT2D eigenvalue weighted by Gasteiger charge is 2.11. The molecule has 3 aromatic rings. The highest BCUT2D eigenvalue weighted by Crippen LogP contribution is 2.25. The smallest absolute Gasteiger partial charge is 0.270 e. The van der Waals surface area contributed by atoms with Crippen molar-refractivity contribution in [2.24, 2.45) is 0 Å². The third-order valence-electron chi connectivity index (χ3n) is 3.50. The lowest BCUT2D eigenvalue weighted by atomic mass is 10.2. The summed E-state index contributed by atoms with van der Waals surface area (Å²) in [6.07, 6.45) is 0. The van der Waals surface area contributed by atoms with Gasteiger partial charge < -0.3 is 15.2 Å². The normalized spacial score (nSPS) is 10.2. The van der Waals surface area contributed by atoms with Gasteiger partial charge in [0, 0.05) is 23.4 Å². The Morgan fingerprint density at radius 2 is 1.58 bits per heavy atom. The second-order valence-corrected chi connectivity index (χ2v) is 5.38. The van der Waals surface area contributed by atoms with Gasteiger partial charge in [0.15, 0.2) is 0 Å². The number of carbonyl (C=O) groups is 1. The van der Waals surface area contributed by atoms with E-state index in [4.69, 9.17) is 4.74 Å². The maximum absolute atomic E-state index is 12.2. The fourth-order valence-corrected chi connectivity index (χ4v) is 2.22. The number of phenols is 1. The first kappa shape index (κ1) is 17.0. The van der Waals surface area contributed by atoms with Gasteiger partial charge in [-0.25, -0.2) is 0 Å². The first-order valence-electron chi connectivity index (χ1n) is 7.64. The minimum absolute atomic E-state index is 0.143. The van der Waals surface area contributed by atoms with E-state index in [1.54, 1.807) is 36.4 Å². The Labute approximate surface area is 148 Å². The van der Waals surface area contributed by atoms with Crippen LogP contribution in [0.2, 0.25) is 0 Å². The van der Waals surface area contributed by atoms with Crippen molar-refractivity contribution in [1.29, 1.82) is 0 Å². The van der Waals surface area contributed by atoms with Gasteiger partial charge in [0.2, 0.25) is 0 Å². The summed E-state index contributed by atoms with van der Waals surface area (Å²) >= 11 is 0. The first-order valence-corrected chi connectivity index (χ1v) is 7.64. The molecule has 26 heavy (non-hydrogen) atoms. The second kappa shape index (κ2) is 7.35. The molecule has 130 valence electrons. The van der Waals surface area contributed by atoms with E-state index in [1.807, 2.05) is 0 Å². The van der Waals surface area contributed by atoms with Crippen molar-refractivity contribution in [2.75, 3.05) is 5.32 Å². The maximum atomic E-state index is 12.2. The third-order valence-corrected chi connectivity index (χ3v) is 3.50. The Morgan fingerprint density at radius 1 is 0.962 bits per heavy atom. The molecule has 7 nitrogen and oxygen atoms in total. The lowest BCUT2D eigenvalue weighted by Crippen LogP contribution is -2.11. The van der Waals surface area contributed by atoms with Crippen LogP contribution in [0.4, 0.5) is 11.4 Å². The number of non-ortho nitro benzene ring substituents is 1. The van der Waals surface area contributed by atoms with Gasteiger partial charge in [-0.1, -0.05) is 6.07 Å². The summed E-state index contributed by atoms with van der Waals surface area (Å²) in [5.74, 6) is 0.831. The van der Waals surface area contributed by atoms with E-state index in [0.29, 0.717) is 17.2 Å². The minimum atomic E-state index is -0.549. The average molecular weight is 350 g/mol. The summed E-state index contributed by atoms with van der Waals surface area (Å²) in [7, 11) is 0. The Kier molecular flexibility index (Phi) is 4.80. The van der Waals surface area contributed by atoms with Crippen LogP contribution in [0.3, 0.4) is 0 Å². The standard InChI is InChI=1S/C19H14N2O5/c22-16-6-10-18(11-7-16)26-17-8-4-14(5-9-17)20-19(23)13-2-1-3-15(12-13)21(24)25/h1-12,22H,(H,20,23). The largest absolute Gasteiger partial charge is 0.508 e. The summed E-state index contributed by atoms with van der Waals surface area (Å²) in [4.78, 5) is 22.4. The van der Waals surface area contributed by atoms with E-state index < -0.39 is 10.8 Å². The Morgan fingerprint density at radius 3 is 2.19 bits per heavy atom. The fraction of sp³-hybridized carbons (Fsp3) is 0. The molecule has 0 heterocycles. The van der Waals surface area contributed by atoms with Gasteiger partial charge in [0.05, 0.1) is 4.92 Å². The molecule has 2 N–H and O–H groups in total. The molecule has 3 aromatic carbocycles. The lowest BCUT2D eigenvalue weighted by Gasteiger charge is -2.08. The van der Waals surface area contributed by atoms with E-state index >= 15 is 0 Å². The van der Waals surface area contributed by atoms with Crippen LogP contribution in [0.5, 0.6) is 17.2 Å². The molecule has 0 fully saturated rings. The van der Waals surface area contributed by atoms with Crippen LogP contribution in [-0.4, -0.2) is 15.9 Å². The van der Waals surface area contributed by atoms with Gasteiger partial charge >= 0.3 is 0 Å². The number of hydrogen-bond donors (Lipinski definition) is 2. The number of rotatable bonds is 5. The lowest BCUT2D eigenvalue weighted by molar-refractivity contribution is -0.384. The topological polar surface area (TPSA) is 102 Å². The highest BCUT2D eigenvalue weighted by molar-refractivity contribution is 6.04. The summed E-state index contributed by atoms with van der Waals surface area (Å²) in [6.45, 7) is 0. The van der Waals surface area contributed by atoms with Crippen LogP contribution in [-0.2, 0) is 0 Å². The predicted molar refractivity (Wildman–Crippen MR) is 95.7 cm³/mol. The van der Waals surface area contributed by atoms with Gasteiger partial charge in [0.25, 0.3) is 11.6 Å². The quantitative estimate of drug-likeness (QED) is 0.526. The van der Waals surface area contributed by atoms with Crippen molar-refractivity contribution < 1.29 is 19.6 Å². The van der Waals surface area contributed by atoms with Gasteiger partial charge in [-0.3, -0.25) is 14.9 Å². The van der Waals surface area contributed by atoms with E-state index in [1.165, 1.54) is 36.4 Å². The second-order valence-electron chi connectivity index (χ2n) is 5.38. The predicted octanol–water partition coefficient (Wildman–Crippen LogP) is 4.35. The van der Waals surface area contributed by atoms with Crippen LogP contribution >= 0.6 is 0 Å². The van der Waals surface area contributed by atoms with E-state index in [0.717, 1.165) is 0 Å². The summed E-state index contributed by atoms with van der Waals surface area (Å²) < 4.78 is 5.62. The summed E-state index contributed by atoms with van der Waals surface area (Å²) in [6, 6.07) is 18.5. The SMILES string of the molecule is O=C(Nc1ccc(Oc2ccc(O)cc2)cc1)c1cccc([N+](=O)[O-])c1. The first-order chi connectivity index (χ1) is 12.5. The number of benzene rings is 3. The van der Waals surface area contributed by atoms with Crippen molar-refractivity contribution in [3.8, 4) is 17.2 Å². The number of nitro benzene ring substituents is 1. The molecule has 0 atom stereocenters. The molecule has 3 rings (SSSR count). The molecule has 0 radical (unpaired) electrons. The van der Waals surface area contributed by atoms with Gasteiger partial charge in [-0.15, -0.1) is 0 Å². The van der Waals surface area contributed by atoms with Crippen molar-refractivity contribution in [2.45, 2.75) is 0 Å². The van der Waals surface area contributed by atoms with Gasteiger partial charge in [-0.05, 0) is 54.6 Å². The molecule has 0 saturated heterocycles. The molecule has 1 amide bonds. The zero-order valence-electron chi connectivity index (χ0n) is 13.5. The molecular formula is C19H14N2O5. The minimum Gasteiger partial charge on any atom is -0.508 e. The number of aromatic hydroxyl groups is 1. The third kappa shape index (κ3) is 4.15.